The second-order valence-electron chi connectivity index (χ2n) is 7.11. The second-order valence-corrected chi connectivity index (χ2v) is 7.11. The van der Waals surface area contributed by atoms with Gasteiger partial charge in [-0.15, -0.1) is 0 Å². The molecule has 0 aromatic heterocycles. The van der Waals surface area contributed by atoms with E-state index in [4.69, 9.17) is 10.5 Å². The summed E-state index contributed by atoms with van der Waals surface area (Å²) in [6, 6.07) is 8.23. The van der Waals surface area contributed by atoms with Crippen LogP contribution in [0.15, 0.2) is 24.3 Å². The number of carbonyl (C=O) groups excluding carboxylic acids is 1. The molecular weight excluding hydrogens is 264 g/mol. The van der Waals surface area contributed by atoms with Gasteiger partial charge in [0.1, 0.15) is 5.60 Å². The lowest BCUT2D eigenvalue weighted by atomic mass is 9.90. The van der Waals surface area contributed by atoms with Crippen molar-refractivity contribution >= 4 is 6.09 Å². The first kappa shape index (κ1) is 15.8. The van der Waals surface area contributed by atoms with E-state index in [0.29, 0.717) is 6.54 Å². The molecule has 116 valence electrons. The zero-order chi connectivity index (χ0) is 15.7. The summed E-state index contributed by atoms with van der Waals surface area (Å²) in [7, 11) is 0. The molecule has 4 nitrogen and oxygen atoms in total. The number of alkyl carbamates (subject to hydrolysis) is 1. The Hall–Kier alpha value is -1.55. The third-order valence-corrected chi connectivity index (χ3v) is 3.94. The number of benzene rings is 1. The highest BCUT2D eigenvalue weighted by Crippen LogP contribution is 2.53. The highest BCUT2D eigenvalue weighted by Gasteiger charge is 2.48. The van der Waals surface area contributed by atoms with E-state index in [1.807, 2.05) is 26.8 Å². The Labute approximate surface area is 127 Å². The van der Waals surface area contributed by atoms with Crippen LogP contribution in [-0.4, -0.2) is 18.2 Å². The first-order valence-electron chi connectivity index (χ1n) is 7.51. The maximum Gasteiger partial charge on any atom is 0.407 e. The summed E-state index contributed by atoms with van der Waals surface area (Å²) >= 11 is 0. The number of amides is 1. The lowest BCUT2D eigenvalue weighted by Gasteiger charge is -2.26. The van der Waals surface area contributed by atoms with Gasteiger partial charge in [0.15, 0.2) is 0 Å². The van der Waals surface area contributed by atoms with E-state index in [1.165, 1.54) is 5.56 Å². The summed E-state index contributed by atoms with van der Waals surface area (Å²) < 4.78 is 5.27. The number of hydrogen-bond acceptors (Lipinski definition) is 3. The Morgan fingerprint density at radius 2 is 2.10 bits per heavy atom. The standard InChI is InChI=1S/C17H26N2O2/c1-12-6-5-7-13(10-12)14(18)17(8-9-17)11-19-15(20)21-16(2,3)4/h5-7,10,14H,8-9,11,18H2,1-4H3,(H,19,20). The number of nitrogens with one attached hydrogen (secondary N) is 1. The highest BCUT2D eigenvalue weighted by molar-refractivity contribution is 5.67. The van der Waals surface area contributed by atoms with Crippen LogP contribution >= 0.6 is 0 Å². The maximum atomic E-state index is 11.8. The minimum atomic E-state index is -0.473. The van der Waals surface area contributed by atoms with Gasteiger partial charge >= 0.3 is 6.09 Å². The van der Waals surface area contributed by atoms with Crippen molar-refractivity contribution < 1.29 is 9.53 Å². The van der Waals surface area contributed by atoms with Crippen molar-refractivity contribution in [3.8, 4) is 0 Å². The number of nitrogens with two attached hydrogens (primary N) is 1. The van der Waals surface area contributed by atoms with Gasteiger partial charge in [-0.1, -0.05) is 29.8 Å². The van der Waals surface area contributed by atoms with Crippen molar-refractivity contribution in [2.75, 3.05) is 6.54 Å². The second kappa shape index (κ2) is 5.68. The molecule has 1 atom stereocenters. The van der Waals surface area contributed by atoms with Crippen LogP contribution in [-0.2, 0) is 4.74 Å². The smallest absolute Gasteiger partial charge is 0.407 e. The third-order valence-electron chi connectivity index (χ3n) is 3.94. The lowest BCUT2D eigenvalue weighted by molar-refractivity contribution is 0.0513. The molecule has 1 aliphatic carbocycles. The van der Waals surface area contributed by atoms with E-state index in [1.54, 1.807) is 0 Å². The molecule has 4 heteroatoms. The summed E-state index contributed by atoms with van der Waals surface area (Å²) in [5, 5.41) is 2.87. The molecule has 1 amide bonds. The fourth-order valence-electron chi connectivity index (χ4n) is 2.54. The summed E-state index contributed by atoms with van der Waals surface area (Å²) in [5.41, 5.74) is 8.27. The molecule has 1 aromatic carbocycles. The predicted molar refractivity (Wildman–Crippen MR) is 84.0 cm³/mol. The van der Waals surface area contributed by atoms with Gasteiger partial charge in [-0.3, -0.25) is 0 Å². The van der Waals surface area contributed by atoms with Crippen LogP contribution in [0.4, 0.5) is 4.79 Å². The molecule has 0 spiro atoms. The highest BCUT2D eigenvalue weighted by atomic mass is 16.6. The van der Waals surface area contributed by atoms with Crippen molar-refractivity contribution in [2.24, 2.45) is 11.1 Å². The maximum absolute atomic E-state index is 11.8. The molecule has 0 saturated heterocycles. The summed E-state index contributed by atoms with van der Waals surface area (Å²) in [6.07, 6.45) is 1.71. The zero-order valence-electron chi connectivity index (χ0n) is 13.4. The number of carbonyl (C=O) groups is 1. The lowest BCUT2D eigenvalue weighted by Crippen LogP contribution is -2.39. The molecule has 1 fully saturated rings. The largest absolute Gasteiger partial charge is 0.444 e. The molecule has 1 unspecified atom stereocenters. The van der Waals surface area contributed by atoms with Gasteiger partial charge in [-0.05, 0) is 46.1 Å². The van der Waals surface area contributed by atoms with Crippen molar-refractivity contribution in [1.82, 2.24) is 5.32 Å². The molecule has 1 aromatic rings. The normalized spacial score (nSPS) is 18.0. The molecule has 2 rings (SSSR count). The van der Waals surface area contributed by atoms with Crippen LogP contribution in [0.5, 0.6) is 0 Å². The predicted octanol–water partition coefficient (Wildman–Crippen LogP) is 3.30. The number of ether oxygens (including phenoxy) is 1. The summed E-state index contributed by atoms with van der Waals surface area (Å²) in [6.45, 7) is 8.21. The molecule has 0 radical (unpaired) electrons. The van der Waals surface area contributed by atoms with Gasteiger partial charge in [0.25, 0.3) is 0 Å². The first-order valence-corrected chi connectivity index (χ1v) is 7.51. The number of rotatable bonds is 4. The minimum Gasteiger partial charge on any atom is -0.444 e. The van der Waals surface area contributed by atoms with E-state index in [-0.39, 0.29) is 17.6 Å². The summed E-state index contributed by atoms with van der Waals surface area (Å²) in [5.74, 6) is 0. The van der Waals surface area contributed by atoms with Crippen molar-refractivity contribution in [3.05, 3.63) is 35.4 Å². The van der Waals surface area contributed by atoms with E-state index < -0.39 is 5.60 Å². The molecule has 0 heterocycles. The van der Waals surface area contributed by atoms with Gasteiger partial charge in [0.2, 0.25) is 0 Å². The fraction of sp³-hybridized carbons (Fsp3) is 0.588. The Morgan fingerprint density at radius 3 is 2.62 bits per heavy atom. The monoisotopic (exact) mass is 290 g/mol. The Morgan fingerprint density at radius 1 is 1.43 bits per heavy atom. The van der Waals surface area contributed by atoms with Gasteiger partial charge in [0, 0.05) is 18.0 Å². The number of hydrogen-bond donors (Lipinski definition) is 2. The van der Waals surface area contributed by atoms with Crippen molar-refractivity contribution in [2.45, 2.75) is 52.2 Å². The SMILES string of the molecule is Cc1cccc(C(N)C2(CNC(=O)OC(C)(C)C)CC2)c1. The Bertz CT molecular complexity index is 516. The molecule has 0 aliphatic heterocycles. The van der Waals surface area contributed by atoms with E-state index >= 15 is 0 Å². The molecule has 1 saturated carbocycles. The minimum absolute atomic E-state index is 0.0231. The van der Waals surface area contributed by atoms with E-state index in [0.717, 1.165) is 18.4 Å². The molecule has 0 bridgehead atoms. The molecule has 1 aliphatic rings. The van der Waals surface area contributed by atoms with E-state index in [2.05, 4.69) is 30.4 Å². The van der Waals surface area contributed by atoms with Gasteiger partial charge in [0.05, 0.1) is 0 Å². The molecular formula is C17H26N2O2. The first-order chi connectivity index (χ1) is 9.72. The topological polar surface area (TPSA) is 64.3 Å². The van der Waals surface area contributed by atoms with Gasteiger partial charge in [-0.2, -0.15) is 0 Å². The van der Waals surface area contributed by atoms with Crippen LogP contribution in [0.1, 0.15) is 50.8 Å². The van der Waals surface area contributed by atoms with Crippen molar-refractivity contribution in [3.63, 3.8) is 0 Å². The number of aryl methyl sites for hydroxylation is 1. The zero-order valence-corrected chi connectivity index (χ0v) is 13.4. The van der Waals surface area contributed by atoms with Crippen LogP contribution in [0, 0.1) is 12.3 Å². The average molecular weight is 290 g/mol. The van der Waals surface area contributed by atoms with Crippen LogP contribution in [0.2, 0.25) is 0 Å². The Kier molecular flexibility index (Phi) is 4.28. The average Bonchev–Trinajstić information content (AvgIpc) is 3.15. The Balaban J connectivity index is 1.95. The van der Waals surface area contributed by atoms with Gasteiger partial charge in [-0.25, -0.2) is 4.79 Å². The van der Waals surface area contributed by atoms with Crippen LogP contribution in [0.3, 0.4) is 0 Å². The quantitative estimate of drug-likeness (QED) is 0.894. The molecule has 21 heavy (non-hydrogen) atoms. The van der Waals surface area contributed by atoms with Crippen molar-refractivity contribution in [1.29, 1.82) is 0 Å². The fourth-order valence-corrected chi connectivity index (χ4v) is 2.54. The van der Waals surface area contributed by atoms with Crippen LogP contribution < -0.4 is 11.1 Å². The third kappa shape index (κ3) is 4.21. The van der Waals surface area contributed by atoms with Gasteiger partial charge < -0.3 is 15.8 Å². The summed E-state index contributed by atoms with van der Waals surface area (Å²) in [4.78, 5) is 11.8. The molecule has 3 N–H and O–H groups in total. The van der Waals surface area contributed by atoms with Crippen LogP contribution in [0.25, 0.3) is 0 Å². The van der Waals surface area contributed by atoms with E-state index in [9.17, 15) is 4.79 Å².